The first kappa shape index (κ1) is 14.2. The topological polar surface area (TPSA) is 0 Å². The molecule has 0 N–H and O–H groups in total. The molecule has 0 rings (SSSR count). The molecule has 0 aliphatic carbocycles. The molecular weight excluding hydrogens is 180 g/mol. The summed E-state index contributed by atoms with van der Waals surface area (Å²) >= 11 is 0. The molecule has 0 radical (unpaired) electrons. The summed E-state index contributed by atoms with van der Waals surface area (Å²) in [7, 11) is 0. The van der Waals surface area contributed by atoms with Gasteiger partial charge in [0.25, 0.3) is 0 Å². The molecular formula is C15H26. The Balaban J connectivity index is 4.09. The van der Waals surface area contributed by atoms with Crippen LogP contribution in [0.4, 0.5) is 0 Å². The highest BCUT2D eigenvalue weighted by Crippen LogP contribution is 2.21. The monoisotopic (exact) mass is 206 g/mol. The van der Waals surface area contributed by atoms with Gasteiger partial charge in [0.1, 0.15) is 0 Å². The first-order valence-corrected chi connectivity index (χ1v) is 6.03. The Morgan fingerprint density at radius 3 is 2.47 bits per heavy atom. The highest BCUT2D eigenvalue weighted by Gasteiger charge is 2.04. The first-order valence-electron chi connectivity index (χ1n) is 6.03. The lowest BCUT2D eigenvalue weighted by atomic mass is 9.93. The van der Waals surface area contributed by atoms with Gasteiger partial charge in [-0.2, -0.15) is 0 Å². The summed E-state index contributed by atoms with van der Waals surface area (Å²) in [6, 6.07) is 0. The van der Waals surface area contributed by atoms with Gasteiger partial charge < -0.3 is 0 Å². The standard InChI is InChI=1S/C15H26/c1-6-8-14(5)12-15(9-7-2)11-10-13(3)4/h6,9,14H,1,3,7-8,10-12H2,2,4-5H3. The summed E-state index contributed by atoms with van der Waals surface area (Å²) in [6.07, 6.45) is 10.2. The summed E-state index contributed by atoms with van der Waals surface area (Å²) < 4.78 is 0. The van der Waals surface area contributed by atoms with Crippen molar-refractivity contribution in [1.29, 1.82) is 0 Å². The van der Waals surface area contributed by atoms with E-state index in [1.165, 1.54) is 18.4 Å². The van der Waals surface area contributed by atoms with E-state index in [4.69, 9.17) is 0 Å². The van der Waals surface area contributed by atoms with Crippen LogP contribution < -0.4 is 0 Å². The van der Waals surface area contributed by atoms with Crippen molar-refractivity contribution in [1.82, 2.24) is 0 Å². The van der Waals surface area contributed by atoms with Gasteiger partial charge in [-0.3, -0.25) is 0 Å². The molecule has 1 unspecified atom stereocenters. The average molecular weight is 206 g/mol. The maximum atomic E-state index is 3.96. The third kappa shape index (κ3) is 8.23. The van der Waals surface area contributed by atoms with Crippen LogP contribution in [0.3, 0.4) is 0 Å². The second-order valence-corrected chi connectivity index (χ2v) is 4.56. The third-order valence-corrected chi connectivity index (χ3v) is 2.55. The minimum absolute atomic E-state index is 0.727. The van der Waals surface area contributed by atoms with E-state index in [9.17, 15) is 0 Å². The first-order chi connectivity index (χ1) is 7.10. The molecule has 0 heteroatoms. The lowest BCUT2D eigenvalue weighted by Gasteiger charge is -2.12. The predicted molar refractivity (Wildman–Crippen MR) is 71.0 cm³/mol. The van der Waals surface area contributed by atoms with Crippen molar-refractivity contribution in [3.63, 3.8) is 0 Å². The van der Waals surface area contributed by atoms with Crippen LogP contribution >= 0.6 is 0 Å². The Bertz CT molecular complexity index is 220. The van der Waals surface area contributed by atoms with Gasteiger partial charge in [0, 0.05) is 0 Å². The number of hydrogen-bond acceptors (Lipinski definition) is 0. The van der Waals surface area contributed by atoms with Crippen LogP contribution in [0.25, 0.3) is 0 Å². The highest BCUT2D eigenvalue weighted by molar-refractivity contribution is 5.06. The van der Waals surface area contributed by atoms with Gasteiger partial charge in [-0.15, -0.1) is 13.2 Å². The Morgan fingerprint density at radius 2 is 2.00 bits per heavy atom. The van der Waals surface area contributed by atoms with E-state index in [0.29, 0.717) is 0 Å². The lowest BCUT2D eigenvalue weighted by molar-refractivity contribution is 0.572. The molecule has 0 spiro atoms. The third-order valence-electron chi connectivity index (χ3n) is 2.55. The fraction of sp³-hybridized carbons (Fsp3) is 0.600. The van der Waals surface area contributed by atoms with E-state index >= 15 is 0 Å². The molecule has 0 aliphatic heterocycles. The zero-order chi connectivity index (χ0) is 11.7. The molecule has 0 aromatic rings. The maximum absolute atomic E-state index is 3.96. The van der Waals surface area contributed by atoms with E-state index in [-0.39, 0.29) is 0 Å². The summed E-state index contributed by atoms with van der Waals surface area (Å²) in [5, 5.41) is 0. The molecule has 0 bridgehead atoms. The van der Waals surface area contributed by atoms with Crippen molar-refractivity contribution in [3.8, 4) is 0 Å². The van der Waals surface area contributed by atoms with Gasteiger partial charge in [-0.1, -0.05) is 37.1 Å². The summed E-state index contributed by atoms with van der Waals surface area (Å²) in [4.78, 5) is 0. The fourth-order valence-corrected chi connectivity index (χ4v) is 1.77. The van der Waals surface area contributed by atoms with Crippen molar-refractivity contribution in [2.45, 2.75) is 52.9 Å². The highest BCUT2D eigenvalue weighted by atomic mass is 14.1. The van der Waals surface area contributed by atoms with Crippen LogP contribution in [-0.2, 0) is 0 Å². The summed E-state index contributed by atoms with van der Waals surface area (Å²) in [5.41, 5.74) is 2.88. The van der Waals surface area contributed by atoms with E-state index in [1.54, 1.807) is 5.57 Å². The SMILES string of the molecule is C=CCC(C)CC(=CCC)CCC(=C)C. The molecule has 0 aliphatic rings. The molecule has 0 saturated carbocycles. The van der Waals surface area contributed by atoms with Gasteiger partial charge in [-0.05, 0) is 44.9 Å². The van der Waals surface area contributed by atoms with Gasteiger partial charge >= 0.3 is 0 Å². The van der Waals surface area contributed by atoms with E-state index in [0.717, 1.165) is 25.2 Å². The largest absolute Gasteiger partial charge is 0.103 e. The Morgan fingerprint density at radius 1 is 1.33 bits per heavy atom. The fourth-order valence-electron chi connectivity index (χ4n) is 1.77. The second-order valence-electron chi connectivity index (χ2n) is 4.56. The lowest BCUT2D eigenvalue weighted by Crippen LogP contribution is -1.96. The minimum atomic E-state index is 0.727. The normalized spacial score (nSPS) is 13.7. The quantitative estimate of drug-likeness (QED) is 0.474. The van der Waals surface area contributed by atoms with Crippen LogP contribution in [-0.4, -0.2) is 0 Å². The summed E-state index contributed by atoms with van der Waals surface area (Å²) in [5.74, 6) is 0.727. The van der Waals surface area contributed by atoms with Crippen molar-refractivity contribution >= 4 is 0 Å². The molecule has 86 valence electrons. The van der Waals surface area contributed by atoms with E-state index in [2.05, 4.69) is 40.0 Å². The molecule has 0 aromatic carbocycles. The molecule has 0 nitrogen and oxygen atoms in total. The summed E-state index contributed by atoms with van der Waals surface area (Å²) in [6.45, 7) is 14.4. The molecule has 0 fully saturated rings. The number of rotatable bonds is 8. The van der Waals surface area contributed by atoms with E-state index in [1.807, 2.05) is 6.08 Å². The molecule has 1 atom stereocenters. The van der Waals surface area contributed by atoms with Gasteiger partial charge in [-0.25, -0.2) is 0 Å². The molecule has 0 heterocycles. The van der Waals surface area contributed by atoms with Crippen LogP contribution in [0.15, 0.2) is 36.5 Å². The molecule has 0 aromatic heterocycles. The molecule has 0 saturated heterocycles. The van der Waals surface area contributed by atoms with Crippen LogP contribution in [0, 0.1) is 5.92 Å². The second kappa shape index (κ2) is 8.52. The Labute approximate surface area is 95.8 Å². The van der Waals surface area contributed by atoms with Crippen LogP contribution in [0.5, 0.6) is 0 Å². The zero-order valence-electron chi connectivity index (χ0n) is 10.7. The minimum Gasteiger partial charge on any atom is -0.103 e. The van der Waals surface area contributed by atoms with Gasteiger partial charge in [0.15, 0.2) is 0 Å². The van der Waals surface area contributed by atoms with Crippen molar-refractivity contribution in [2.24, 2.45) is 5.92 Å². The maximum Gasteiger partial charge on any atom is -0.0283 e. The van der Waals surface area contributed by atoms with Gasteiger partial charge in [0.2, 0.25) is 0 Å². The van der Waals surface area contributed by atoms with Gasteiger partial charge in [0.05, 0.1) is 0 Å². The van der Waals surface area contributed by atoms with E-state index < -0.39 is 0 Å². The number of allylic oxidation sites excluding steroid dienone is 4. The van der Waals surface area contributed by atoms with Crippen molar-refractivity contribution in [2.75, 3.05) is 0 Å². The smallest absolute Gasteiger partial charge is 0.0283 e. The molecule has 15 heavy (non-hydrogen) atoms. The van der Waals surface area contributed by atoms with Crippen LogP contribution in [0.1, 0.15) is 52.9 Å². The average Bonchev–Trinajstić information content (AvgIpc) is 2.15. The van der Waals surface area contributed by atoms with Crippen molar-refractivity contribution < 1.29 is 0 Å². The predicted octanol–water partition coefficient (Wildman–Crippen LogP) is 5.28. The van der Waals surface area contributed by atoms with Crippen LogP contribution in [0.2, 0.25) is 0 Å². The zero-order valence-corrected chi connectivity index (χ0v) is 10.7. The van der Waals surface area contributed by atoms with Crippen molar-refractivity contribution in [3.05, 3.63) is 36.5 Å². The Kier molecular flexibility index (Phi) is 8.08. The molecule has 0 amide bonds. The Hall–Kier alpha value is -0.780. The number of hydrogen-bond donors (Lipinski definition) is 0.